The first-order chi connectivity index (χ1) is 9.67. The molecule has 1 atom stereocenters. The first-order valence-corrected chi connectivity index (χ1v) is 6.51. The lowest BCUT2D eigenvalue weighted by Crippen LogP contribution is -2.37. The molecule has 0 spiro atoms. The van der Waals surface area contributed by atoms with E-state index in [1.807, 2.05) is 24.4 Å². The van der Waals surface area contributed by atoms with E-state index < -0.39 is 6.09 Å². The third-order valence-corrected chi connectivity index (χ3v) is 3.47. The number of halogens is 1. The zero-order chi connectivity index (χ0) is 14.1. The Morgan fingerprint density at radius 3 is 3.20 bits per heavy atom. The minimum Gasteiger partial charge on any atom is -0.492 e. The molecule has 1 aromatic carbocycles. The SMILES string of the molecule is COC(=O)NN1C=CC2COc3cc(Cl)ccc3C2=C1. The van der Waals surface area contributed by atoms with Gasteiger partial charge < -0.3 is 9.47 Å². The van der Waals surface area contributed by atoms with Crippen molar-refractivity contribution in [3.05, 3.63) is 47.3 Å². The Morgan fingerprint density at radius 2 is 2.40 bits per heavy atom. The number of rotatable bonds is 1. The Labute approximate surface area is 121 Å². The van der Waals surface area contributed by atoms with E-state index in [9.17, 15) is 4.79 Å². The van der Waals surface area contributed by atoms with Crippen molar-refractivity contribution in [1.82, 2.24) is 10.4 Å². The Balaban J connectivity index is 1.92. The third kappa shape index (κ3) is 2.32. The summed E-state index contributed by atoms with van der Waals surface area (Å²) in [4.78, 5) is 11.3. The molecule has 2 aliphatic heterocycles. The number of benzene rings is 1. The fraction of sp³-hybridized carbons (Fsp3) is 0.214. The van der Waals surface area contributed by atoms with Crippen molar-refractivity contribution in [3.8, 4) is 5.75 Å². The van der Waals surface area contributed by atoms with Crippen LogP contribution in [0.1, 0.15) is 5.56 Å². The second-order valence-electron chi connectivity index (χ2n) is 4.49. The van der Waals surface area contributed by atoms with Crippen molar-refractivity contribution >= 4 is 23.3 Å². The second-order valence-corrected chi connectivity index (χ2v) is 4.93. The van der Waals surface area contributed by atoms with Crippen molar-refractivity contribution in [2.24, 2.45) is 5.92 Å². The molecular formula is C14H13ClN2O3. The molecule has 0 aliphatic carbocycles. The monoisotopic (exact) mass is 292 g/mol. The maximum atomic E-state index is 11.3. The lowest BCUT2D eigenvalue weighted by atomic mass is 9.89. The Bertz CT molecular complexity index is 612. The molecule has 104 valence electrons. The number of hydrazine groups is 1. The largest absolute Gasteiger partial charge is 0.492 e. The number of methoxy groups -OCH3 is 1. The van der Waals surface area contributed by atoms with Gasteiger partial charge in [-0.3, -0.25) is 5.01 Å². The summed E-state index contributed by atoms with van der Waals surface area (Å²) in [5.74, 6) is 0.924. The molecule has 2 aliphatic rings. The van der Waals surface area contributed by atoms with Gasteiger partial charge in [-0.15, -0.1) is 0 Å². The molecule has 3 rings (SSSR count). The average Bonchev–Trinajstić information content (AvgIpc) is 2.46. The Hall–Kier alpha value is -2.14. The summed E-state index contributed by atoms with van der Waals surface area (Å²) in [7, 11) is 1.32. The highest BCUT2D eigenvalue weighted by atomic mass is 35.5. The number of hydrogen-bond acceptors (Lipinski definition) is 4. The highest BCUT2D eigenvalue weighted by molar-refractivity contribution is 6.30. The summed E-state index contributed by atoms with van der Waals surface area (Å²) >= 11 is 5.97. The summed E-state index contributed by atoms with van der Waals surface area (Å²) in [6.45, 7) is 0.557. The number of nitrogens with one attached hydrogen (secondary N) is 1. The number of carbonyl (C=O) groups is 1. The molecule has 1 amide bonds. The van der Waals surface area contributed by atoms with Crippen LogP contribution >= 0.6 is 11.6 Å². The topological polar surface area (TPSA) is 50.8 Å². The number of hydrogen-bond donors (Lipinski definition) is 1. The van der Waals surface area contributed by atoms with E-state index in [1.165, 1.54) is 7.11 Å². The van der Waals surface area contributed by atoms with Crippen LogP contribution in [0.4, 0.5) is 4.79 Å². The smallest absolute Gasteiger partial charge is 0.426 e. The normalized spacial score (nSPS) is 19.4. The zero-order valence-corrected chi connectivity index (χ0v) is 11.6. The third-order valence-electron chi connectivity index (χ3n) is 3.24. The van der Waals surface area contributed by atoms with Crippen LogP contribution < -0.4 is 10.2 Å². The summed E-state index contributed by atoms with van der Waals surface area (Å²) < 4.78 is 10.3. The molecule has 1 unspecified atom stereocenters. The van der Waals surface area contributed by atoms with Crippen LogP contribution in [-0.4, -0.2) is 24.8 Å². The molecule has 1 N–H and O–H groups in total. The Morgan fingerprint density at radius 1 is 1.55 bits per heavy atom. The number of fused-ring (bicyclic) bond motifs is 3. The van der Waals surface area contributed by atoms with Gasteiger partial charge in [0.1, 0.15) is 5.75 Å². The number of carbonyl (C=O) groups excluding carboxylic acids is 1. The number of ether oxygens (including phenoxy) is 2. The fourth-order valence-corrected chi connectivity index (χ4v) is 2.42. The molecule has 0 fully saturated rings. The number of nitrogens with zero attached hydrogens (tertiary/aromatic N) is 1. The first kappa shape index (κ1) is 12.9. The van der Waals surface area contributed by atoms with Crippen LogP contribution in [-0.2, 0) is 4.74 Å². The molecule has 2 heterocycles. The minimum atomic E-state index is -0.520. The summed E-state index contributed by atoms with van der Waals surface area (Å²) in [5, 5.41) is 2.21. The fourth-order valence-electron chi connectivity index (χ4n) is 2.26. The molecule has 5 nitrogen and oxygen atoms in total. The summed E-state index contributed by atoms with van der Waals surface area (Å²) in [6, 6.07) is 5.54. The van der Waals surface area contributed by atoms with Gasteiger partial charge in [0.05, 0.1) is 13.7 Å². The zero-order valence-electron chi connectivity index (χ0n) is 10.8. The Kier molecular flexibility index (Phi) is 3.28. The predicted octanol–water partition coefficient (Wildman–Crippen LogP) is 2.79. The van der Waals surface area contributed by atoms with E-state index in [2.05, 4.69) is 10.2 Å². The van der Waals surface area contributed by atoms with Crippen molar-refractivity contribution < 1.29 is 14.3 Å². The minimum absolute atomic E-state index is 0.166. The van der Waals surface area contributed by atoms with Crippen LogP contribution in [0.15, 0.2) is 36.7 Å². The van der Waals surface area contributed by atoms with Crippen molar-refractivity contribution in [1.29, 1.82) is 0 Å². The van der Waals surface area contributed by atoms with Crippen molar-refractivity contribution in [2.45, 2.75) is 0 Å². The van der Waals surface area contributed by atoms with Crippen molar-refractivity contribution in [3.63, 3.8) is 0 Å². The van der Waals surface area contributed by atoms with Crippen LogP contribution in [0.25, 0.3) is 5.57 Å². The molecule has 0 saturated heterocycles. The molecule has 0 saturated carbocycles. The predicted molar refractivity (Wildman–Crippen MR) is 74.9 cm³/mol. The van der Waals surface area contributed by atoms with E-state index in [0.29, 0.717) is 11.6 Å². The van der Waals surface area contributed by atoms with E-state index >= 15 is 0 Å². The highest BCUT2D eigenvalue weighted by Crippen LogP contribution is 2.39. The lowest BCUT2D eigenvalue weighted by Gasteiger charge is -2.31. The van der Waals surface area contributed by atoms with E-state index in [0.717, 1.165) is 16.9 Å². The van der Waals surface area contributed by atoms with E-state index in [1.54, 1.807) is 17.3 Å². The van der Waals surface area contributed by atoms with Gasteiger partial charge in [0.15, 0.2) is 0 Å². The van der Waals surface area contributed by atoms with Gasteiger partial charge in [-0.05, 0) is 23.8 Å². The maximum Gasteiger partial charge on any atom is 0.426 e. The maximum absolute atomic E-state index is 11.3. The molecular weight excluding hydrogens is 280 g/mol. The van der Waals surface area contributed by atoms with Gasteiger partial charge in [-0.25, -0.2) is 10.2 Å². The second kappa shape index (κ2) is 5.09. The summed E-state index contributed by atoms with van der Waals surface area (Å²) in [5.41, 5.74) is 4.64. The lowest BCUT2D eigenvalue weighted by molar-refractivity contribution is 0.152. The van der Waals surface area contributed by atoms with Gasteiger partial charge in [0, 0.05) is 28.9 Å². The van der Waals surface area contributed by atoms with Crippen LogP contribution in [0.2, 0.25) is 5.02 Å². The molecule has 0 radical (unpaired) electrons. The highest BCUT2D eigenvalue weighted by Gasteiger charge is 2.26. The van der Waals surface area contributed by atoms with Crippen LogP contribution in [0, 0.1) is 5.92 Å². The van der Waals surface area contributed by atoms with Gasteiger partial charge in [0.2, 0.25) is 0 Å². The average molecular weight is 293 g/mol. The van der Waals surface area contributed by atoms with Gasteiger partial charge >= 0.3 is 6.09 Å². The van der Waals surface area contributed by atoms with Gasteiger partial charge in [-0.1, -0.05) is 17.7 Å². The quantitative estimate of drug-likeness (QED) is 0.865. The van der Waals surface area contributed by atoms with E-state index in [-0.39, 0.29) is 5.92 Å². The molecule has 20 heavy (non-hydrogen) atoms. The molecule has 1 aromatic rings. The first-order valence-electron chi connectivity index (χ1n) is 6.13. The molecule has 6 heteroatoms. The molecule has 0 aromatic heterocycles. The van der Waals surface area contributed by atoms with Crippen molar-refractivity contribution in [2.75, 3.05) is 13.7 Å². The van der Waals surface area contributed by atoms with Crippen LogP contribution in [0.3, 0.4) is 0 Å². The van der Waals surface area contributed by atoms with Gasteiger partial charge in [-0.2, -0.15) is 0 Å². The van der Waals surface area contributed by atoms with Gasteiger partial charge in [0.25, 0.3) is 0 Å². The van der Waals surface area contributed by atoms with E-state index in [4.69, 9.17) is 16.3 Å². The van der Waals surface area contributed by atoms with Crippen LogP contribution in [0.5, 0.6) is 5.75 Å². The standard InChI is InChI=1S/C14H13ClN2O3/c1-19-14(18)16-17-5-4-9-8-20-13-6-10(15)2-3-11(13)12(9)7-17/h2-7,9H,8H2,1H3,(H,16,18). The molecule has 0 bridgehead atoms. The number of amides is 1. The summed E-state index contributed by atoms with van der Waals surface area (Å²) in [6.07, 6.45) is 5.09.